The lowest BCUT2D eigenvalue weighted by Gasteiger charge is -2.58. The minimum atomic E-state index is 0.371. The van der Waals surface area contributed by atoms with Crippen LogP contribution in [-0.4, -0.2) is 36.1 Å². The molecule has 0 radical (unpaired) electrons. The van der Waals surface area contributed by atoms with Crippen LogP contribution in [0, 0.1) is 69.0 Å². The zero-order valence-corrected chi connectivity index (χ0v) is 33.0. The van der Waals surface area contributed by atoms with Crippen LogP contribution in [-0.2, 0) is 0 Å². The Hall–Kier alpha value is -2.30. The van der Waals surface area contributed by atoms with Gasteiger partial charge in [0.25, 0.3) is 0 Å². The Kier molecular flexibility index (Phi) is 9.38. The molecule has 0 amide bonds. The van der Waals surface area contributed by atoms with Gasteiger partial charge >= 0.3 is 0 Å². The van der Waals surface area contributed by atoms with Crippen molar-refractivity contribution in [2.24, 2.45) is 69.0 Å². The smallest absolute Gasteiger partial charge is 0.0343 e. The summed E-state index contributed by atoms with van der Waals surface area (Å²) >= 11 is 0. The normalized spacial score (nSPS) is 45.1. The second kappa shape index (κ2) is 13.8. The Morgan fingerprint density at radius 3 is 1.71 bits per heavy atom. The van der Waals surface area contributed by atoms with Crippen molar-refractivity contribution < 1.29 is 0 Å². The van der Waals surface area contributed by atoms with Gasteiger partial charge in [0.1, 0.15) is 0 Å². The third-order valence-electron chi connectivity index (χ3n) is 18.2. The van der Waals surface area contributed by atoms with E-state index in [9.17, 15) is 0 Å². The van der Waals surface area contributed by atoms with Gasteiger partial charge in [-0.25, -0.2) is 0 Å². The van der Waals surface area contributed by atoms with Gasteiger partial charge in [0, 0.05) is 24.8 Å². The third kappa shape index (κ3) is 5.65. The van der Waals surface area contributed by atoms with E-state index in [4.69, 9.17) is 0 Å². The van der Waals surface area contributed by atoms with E-state index in [1.807, 2.05) is 12.4 Å². The van der Waals surface area contributed by atoms with Crippen LogP contribution in [0.15, 0.2) is 61.2 Å². The average molecular weight is 701 g/mol. The highest BCUT2D eigenvalue weighted by Crippen LogP contribution is 2.68. The van der Waals surface area contributed by atoms with Gasteiger partial charge in [-0.15, -0.1) is 0 Å². The Balaban J connectivity index is 0.000000138. The highest BCUT2D eigenvalue weighted by molar-refractivity contribution is 5.73. The van der Waals surface area contributed by atoms with Crippen molar-refractivity contribution in [1.29, 1.82) is 0 Å². The number of rotatable bonds is 2. The van der Waals surface area contributed by atoms with Crippen molar-refractivity contribution in [2.45, 2.75) is 118 Å². The van der Waals surface area contributed by atoms with Gasteiger partial charge in [-0.2, -0.15) is 0 Å². The van der Waals surface area contributed by atoms with Crippen molar-refractivity contribution in [3.05, 3.63) is 72.3 Å². The van der Waals surface area contributed by atoms with Crippen molar-refractivity contribution in [2.75, 3.05) is 26.2 Å². The van der Waals surface area contributed by atoms with E-state index in [1.165, 1.54) is 127 Å². The highest BCUT2D eigenvalue weighted by Gasteiger charge is 2.59. The van der Waals surface area contributed by atoms with Crippen LogP contribution in [0.5, 0.6) is 0 Å². The van der Waals surface area contributed by atoms with E-state index in [0.29, 0.717) is 21.7 Å². The molecular formula is C48H68N4. The first-order chi connectivity index (χ1) is 25.3. The van der Waals surface area contributed by atoms with Crippen LogP contribution in [0.1, 0.15) is 129 Å². The maximum Gasteiger partial charge on any atom is 0.0343 e. The highest BCUT2D eigenvalue weighted by atomic mass is 14.9. The minimum absolute atomic E-state index is 0.371. The average Bonchev–Trinajstić information content (AvgIpc) is 3.54. The molecule has 12 atom stereocenters. The molecule has 4 heteroatoms. The summed E-state index contributed by atoms with van der Waals surface area (Å²) in [6.45, 7) is 15.4. The molecule has 8 aliphatic rings. The molecule has 10 rings (SSSR count). The van der Waals surface area contributed by atoms with Gasteiger partial charge in [-0.05, 0) is 219 Å². The quantitative estimate of drug-likeness (QED) is 0.327. The molecule has 2 N–H and O–H groups in total. The molecule has 2 aromatic heterocycles. The molecule has 52 heavy (non-hydrogen) atoms. The molecule has 0 aromatic carbocycles. The fourth-order valence-corrected chi connectivity index (χ4v) is 15.4. The number of nitrogens with zero attached hydrogens (tertiary/aromatic N) is 2. The molecule has 0 spiro atoms. The summed E-state index contributed by atoms with van der Waals surface area (Å²) < 4.78 is 0. The molecule has 2 aliphatic heterocycles. The van der Waals surface area contributed by atoms with Gasteiger partial charge in [0.05, 0.1) is 0 Å². The van der Waals surface area contributed by atoms with E-state index in [1.54, 1.807) is 11.1 Å². The number of hydrogen-bond donors (Lipinski definition) is 2. The van der Waals surface area contributed by atoms with Crippen molar-refractivity contribution in [3.63, 3.8) is 0 Å². The first-order valence-electron chi connectivity index (χ1n) is 21.9. The number of pyridine rings is 2. The SMILES string of the molecule is C[C@]12CCCNCC1CC[C@@H]1[C@@H]2CC[C@]2(C)C(c3cccnc3)=CC[C@@H]12.C[C@]12CCNCCC1CC[C@@H]1[C@@H]2CC[C@]2(C)C(c3cccnc3)=CC[C@@H]12. The van der Waals surface area contributed by atoms with E-state index < -0.39 is 0 Å². The van der Waals surface area contributed by atoms with Gasteiger partial charge in [0.2, 0.25) is 0 Å². The number of aromatic nitrogens is 2. The third-order valence-corrected chi connectivity index (χ3v) is 18.2. The van der Waals surface area contributed by atoms with Gasteiger partial charge in [-0.1, -0.05) is 52.0 Å². The standard InChI is InChI=1S/2C24H34N2/c1-23-11-4-14-26-16-18(23)6-7-19-21-9-8-20(17-5-3-13-25-15-17)24(21,2)12-10-22(19)23;1-23-12-15-25-14-10-18(23)5-6-19-21-8-7-20(17-4-3-13-26-16-17)24(21,2)11-9-22(19)23/h3,5,8,13,15,18-19,21-22,26H,4,6-7,9-12,14,16H2,1-2H3;3-4,7,13,16,18-19,21-22,25H,5-6,8-12,14-15H2,1-2H3/t2*18?,19-,21-,22-,23-,24+/m00/s1. The molecule has 4 saturated carbocycles. The Morgan fingerprint density at radius 2 is 1.13 bits per heavy atom. The molecule has 0 bridgehead atoms. The number of hydrogen-bond acceptors (Lipinski definition) is 4. The lowest BCUT2D eigenvalue weighted by molar-refractivity contribution is -0.0790. The summed E-state index contributed by atoms with van der Waals surface area (Å²) in [5.41, 5.74) is 7.83. The van der Waals surface area contributed by atoms with Gasteiger partial charge in [-0.3, -0.25) is 9.97 Å². The monoisotopic (exact) mass is 701 g/mol. The van der Waals surface area contributed by atoms with E-state index in [-0.39, 0.29) is 0 Å². The fraction of sp³-hybridized carbons (Fsp3) is 0.708. The Labute approximate surface area is 315 Å². The molecule has 2 aromatic rings. The molecule has 2 saturated heterocycles. The van der Waals surface area contributed by atoms with Crippen molar-refractivity contribution in [3.8, 4) is 0 Å². The first-order valence-corrected chi connectivity index (χ1v) is 21.9. The van der Waals surface area contributed by atoms with Crippen LogP contribution >= 0.6 is 0 Å². The minimum Gasteiger partial charge on any atom is -0.317 e. The summed E-state index contributed by atoms with van der Waals surface area (Å²) in [5, 5.41) is 7.42. The van der Waals surface area contributed by atoms with E-state index >= 15 is 0 Å². The molecule has 6 aliphatic carbocycles. The largest absolute Gasteiger partial charge is 0.317 e. The van der Waals surface area contributed by atoms with Crippen LogP contribution in [0.4, 0.5) is 0 Å². The number of fused-ring (bicyclic) bond motifs is 10. The van der Waals surface area contributed by atoms with Crippen LogP contribution in [0.2, 0.25) is 0 Å². The molecule has 6 fully saturated rings. The summed E-state index contributed by atoms with van der Waals surface area (Å²) in [6, 6.07) is 8.74. The van der Waals surface area contributed by atoms with Crippen LogP contribution < -0.4 is 10.6 Å². The molecule has 2 unspecified atom stereocenters. The maximum absolute atomic E-state index is 4.41. The molecular weight excluding hydrogens is 633 g/mol. The second-order valence-electron chi connectivity index (χ2n) is 20.0. The van der Waals surface area contributed by atoms with Crippen molar-refractivity contribution >= 4 is 11.1 Å². The van der Waals surface area contributed by atoms with Gasteiger partial charge in [0.15, 0.2) is 0 Å². The lowest BCUT2D eigenvalue weighted by Crippen LogP contribution is -2.52. The Morgan fingerprint density at radius 1 is 0.558 bits per heavy atom. The van der Waals surface area contributed by atoms with E-state index in [2.05, 4.69) is 97.1 Å². The van der Waals surface area contributed by atoms with Gasteiger partial charge < -0.3 is 10.6 Å². The summed E-state index contributed by atoms with van der Waals surface area (Å²) in [5.74, 6) is 7.31. The predicted molar refractivity (Wildman–Crippen MR) is 215 cm³/mol. The van der Waals surface area contributed by atoms with Crippen LogP contribution in [0.25, 0.3) is 11.1 Å². The predicted octanol–water partition coefficient (Wildman–Crippen LogP) is 10.6. The Bertz CT molecular complexity index is 1510. The van der Waals surface area contributed by atoms with E-state index in [0.717, 1.165) is 47.3 Å². The summed E-state index contributed by atoms with van der Waals surface area (Å²) in [6.07, 6.45) is 32.8. The summed E-state index contributed by atoms with van der Waals surface area (Å²) in [7, 11) is 0. The molecule has 4 heterocycles. The summed E-state index contributed by atoms with van der Waals surface area (Å²) in [4.78, 5) is 8.81. The second-order valence-corrected chi connectivity index (χ2v) is 20.0. The zero-order valence-electron chi connectivity index (χ0n) is 33.0. The van der Waals surface area contributed by atoms with Crippen molar-refractivity contribution in [1.82, 2.24) is 20.6 Å². The fourth-order valence-electron chi connectivity index (χ4n) is 15.4. The number of allylic oxidation sites excluding steroid dienone is 4. The zero-order chi connectivity index (χ0) is 35.6. The maximum atomic E-state index is 4.41. The topological polar surface area (TPSA) is 49.8 Å². The first kappa shape index (κ1) is 35.4. The van der Waals surface area contributed by atoms with Crippen LogP contribution in [0.3, 0.4) is 0 Å². The molecule has 280 valence electrons. The lowest BCUT2D eigenvalue weighted by atomic mass is 9.46. The number of nitrogens with one attached hydrogen (secondary N) is 2. The molecule has 4 nitrogen and oxygen atoms in total.